The third-order valence-corrected chi connectivity index (χ3v) is 9.64. The van der Waals surface area contributed by atoms with E-state index in [9.17, 15) is 19.8 Å². The van der Waals surface area contributed by atoms with Crippen molar-refractivity contribution in [2.75, 3.05) is 7.11 Å². The van der Waals surface area contributed by atoms with Gasteiger partial charge in [-0.3, -0.25) is 0 Å². The van der Waals surface area contributed by atoms with Crippen LogP contribution in [0.2, 0.25) is 0 Å². The summed E-state index contributed by atoms with van der Waals surface area (Å²) in [5.74, 6) is -0.828. The predicted octanol–water partition coefficient (Wildman–Crippen LogP) is 7.25. The molecule has 12 heteroatoms. The van der Waals surface area contributed by atoms with Gasteiger partial charge in [0.1, 0.15) is 36.9 Å². The fourth-order valence-corrected chi connectivity index (χ4v) is 5.68. The number of allylic oxidation sites excluding steroid dienone is 8. The van der Waals surface area contributed by atoms with Gasteiger partial charge in [-0.15, -0.1) is 0 Å². The maximum Gasteiger partial charge on any atom is 0.360 e. The Kier molecular flexibility index (Phi) is 15.7. The van der Waals surface area contributed by atoms with Gasteiger partial charge in [0.25, 0.3) is 0 Å². The number of esters is 2. The maximum absolute atomic E-state index is 13.3. The summed E-state index contributed by atoms with van der Waals surface area (Å²) in [6, 6.07) is 0. The minimum Gasteiger partial charge on any atom is -0.457 e. The molecule has 0 saturated carbocycles. The number of carbonyl (C=O) groups excluding carboxylic acids is 2. The molecule has 4 rings (SSSR count). The summed E-state index contributed by atoms with van der Waals surface area (Å²) in [6.45, 7) is 11.0. The number of cyclic esters (lactones) is 2. The topological polar surface area (TPSA) is 167 Å². The van der Waals surface area contributed by atoms with Crippen LogP contribution in [-0.2, 0) is 25.4 Å². The van der Waals surface area contributed by atoms with Crippen LogP contribution >= 0.6 is 0 Å². The van der Waals surface area contributed by atoms with Crippen molar-refractivity contribution in [2.24, 2.45) is 10.8 Å². The van der Waals surface area contributed by atoms with Crippen molar-refractivity contribution in [1.82, 2.24) is 9.97 Å². The normalized spacial score (nSPS) is 28.3. The molecule has 0 aromatic carbocycles. The smallest absolute Gasteiger partial charge is 0.360 e. The van der Waals surface area contributed by atoms with E-state index < -0.39 is 53.3 Å². The van der Waals surface area contributed by atoms with Gasteiger partial charge in [0.2, 0.25) is 5.89 Å². The van der Waals surface area contributed by atoms with Crippen molar-refractivity contribution in [2.45, 2.75) is 104 Å². The second kappa shape index (κ2) is 20.2. The standard InChI is InChI=1S/C43H54N2O10/c1-8-18-34(46)42(3,4)36-23-14-12-10-11-13-20-29(50-7)26-39-45-31(28-52-39)41(49)55-37(43(5,6)35(47)19-9-2)24-17-22-33-32(53-33)21-15-16-25-38-44-30(27-51-38)40(48)54-36/h8-22,25,27-29,32-37,46-47H,23-24,26H2,1-7H3/b11-10-,14-12-,18-8+,19-9+,20-13-,21-15-,22-17-,25-16+/t29-,32-,33+,34-,35-,36-,37-/m0/s1. The lowest BCUT2D eigenvalue weighted by molar-refractivity contribution is -0.0461. The molecule has 0 aliphatic carbocycles. The number of epoxide rings is 1. The van der Waals surface area contributed by atoms with Gasteiger partial charge in [-0.2, -0.15) is 0 Å². The van der Waals surface area contributed by atoms with Gasteiger partial charge in [0.05, 0.1) is 24.7 Å². The number of hydrogen-bond donors (Lipinski definition) is 2. The molecule has 4 bridgehead atoms. The number of aromatic nitrogens is 2. The molecule has 0 unspecified atom stereocenters. The van der Waals surface area contributed by atoms with E-state index in [1.54, 1.807) is 49.6 Å². The fourth-order valence-electron chi connectivity index (χ4n) is 5.68. The second-order valence-electron chi connectivity index (χ2n) is 14.5. The Hall–Kier alpha value is -4.88. The molecule has 4 heterocycles. The third-order valence-electron chi connectivity index (χ3n) is 9.64. The summed E-state index contributed by atoms with van der Waals surface area (Å²) in [7, 11) is 1.56. The van der Waals surface area contributed by atoms with Crippen LogP contribution in [0, 0.1) is 10.8 Å². The van der Waals surface area contributed by atoms with Gasteiger partial charge in [-0.05, 0) is 13.8 Å². The summed E-state index contributed by atoms with van der Waals surface area (Å²) < 4.78 is 34.3. The third kappa shape index (κ3) is 12.3. The summed E-state index contributed by atoms with van der Waals surface area (Å²) in [6.07, 6.45) is 28.0. The zero-order valence-corrected chi connectivity index (χ0v) is 32.6. The van der Waals surface area contributed by atoms with Crippen LogP contribution in [0.4, 0.5) is 0 Å². The van der Waals surface area contributed by atoms with Crippen molar-refractivity contribution in [3.8, 4) is 0 Å². The van der Waals surface area contributed by atoms with Gasteiger partial charge in [-0.25, -0.2) is 19.6 Å². The molecule has 7 atom stereocenters. The highest BCUT2D eigenvalue weighted by atomic mass is 16.6. The van der Waals surface area contributed by atoms with Gasteiger partial charge in [0, 0.05) is 36.9 Å². The van der Waals surface area contributed by atoms with Crippen LogP contribution in [0.3, 0.4) is 0 Å². The molecule has 55 heavy (non-hydrogen) atoms. The summed E-state index contributed by atoms with van der Waals surface area (Å²) >= 11 is 0. The van der Waals surface area contributed by atoms with Crippen molar-refractivity contribution >= 4 is 18.0 Å². The highest BCUT2D eigenvalue weighted by molar-refractivity contribution is 5.87. The first kappa shape index (κ1) is 42.9. The van der Waals surface area contributed by atoms with E-state index >= 15 is 0 Å². The van der Waals surface area contributed by atoms with Gasteiger partial charge >= 0.3 is 11.9 Å². The van der Waals surface area contributed by atoms with Crippen molar-refractivity contribution in [3.63, 3.8) is 0 Å². The quantitative estimate of drug-likeness (QED) is 0.165. The lowest BCUT2D eigenvalue weighted by Gasteiger charge is -2.36. The van der Waals surface area contributed by atoms with E-state index in [0.717, 1.165) is 0 Å². The molecule has 2 aromatic rings. The molecule has 0 spiro atoms. The van der Waals surface area contributed by atoms with E-state index in [1.807, 2.05) is 96.2 Å². The molecular formula is C43H54N2O10. The Morgan fingerprint density at radius 1 is 0.745 bits per heavy atom. The zero-order chi connectivity index (χ0) is 40.0. The molecule has 2 aliphatic heterocycles. The van der Waals surface area contributed by atoms with Gasteiger partial charge in [-0.1, -0.05) is 119 Å². The average molecular weight is 759 g/mol. The molecule has 0 amide bonds. The zero-order valence-electron chi connectivity index (χ0n) is 32.6. The van der Waals surface area contributed by atoms with Gasteiger partial charge in [0.15, 0.2) is 17.3 Å². The molecule has 296 valence electrons. The monoisotopic (exact) mass is 758 g/mol. The molecule has 2 aromatic heterocycles. The molecular weight excluding hydrogens is 704 g/mol. The number of methoxy groups -OCH3 is 1. The van der Waals surface area contributed by atoms with Crippen LogP contribution in [0.1, 0.15) is 87.1 Å². The van der Waals surface area contributed by atoms with Crippen LogP contribution in [0.5, 0.6) is 0 Å². The van der Waals surface area contributed by atoms with Crippen molar-refractivity contribution < 1.29 is 47.6 Å². The minimum atomic E-state index is -0.880. The van der Waals surface area contributed by atoms with E-state index in [0.29, 0.717) is 18.7 Å². The molecule has 2 N–H and O–H groups in total. The Bertz CT molecular complexity index is 1800. The van der Waals surface area contributed by atoms with Gasteiger partial charge < -0.3 is 38.0 Å². The SMILES string of the molecule is C/C=C/[C@H](O)C(C)(C)[C@@H]1C\C=C/C=C\C=C/[C@H](OC)Cc2nc(co2)C(=O)O[C@H](C(C)(C)[C@@H](O)/C=C/C)C/C=C\[C@H]2O[C@H]2/C=C\C=C\c2nc(co2)C(=O)O1. The molecule has 1 saturated heterocycles. The lowest BCUT2D eigenvalue weighted by atomic mass is 9.79. The van der Waals surface area contributed by atoms with Crippen LogP contribution in [0.25, 0.3) is 6.08 Å². The second-order valence-corrected chi connectivity index (χ2v) is 14.5. The van der Waals surface area contributed by atoms with E-state index in [4.69, 9.17) is 27.8 Å². The van der Waals surface area contributed by atoms with Crippen molar-refractivity contribution in [1.29, 1.82) is 0 Å². The number of carbonyl (C=O) groups is 2. The highest BCUT2D eigenvalue weighted by Crippen LogP contribution is 2.34. The number of fused-ring (bicyclic) bond motifs is 5. The summed E-state index contributed by atoms with van der Waals surface area (Å²) in [5, 5.41) is 21.8. The number of rotatable bonds is 7. The van der Waals surface area contributed by atoms with Crippen molar-refractivity contribution in [3.05, 3.63) is 127 Å². The first-order valence-corrected chi connectivity index (χ1v) is 18.4. The summed E-state index contributed by atoms with van der Waals surface area (Å²) in [5.41, 5.74) is -1.66. The molecule has 12 nitrogen and oxygen atoms in total. The lowest BCUT2D eigenvalue weighted by Crippen LogP contribution is -2.42. The van der Waals surface area contributed by atoms with E-state index in [2.05, 4.69) is 9.97 Å². The molecule has 2 aliphatic rings. The Morgan fingerprint density at radius 3 is 1.95 bits per heavy atom. The highest BCUT2D eigenvalue weighted by Gasteiger charge is 2.40. The number of oxazole rings is 2. The van der Waals surface area contributed by atoms with Crippen LogP contribution < -0.4 is 0 Å². The van der Waals surface area contributed by atoms with Crippen LogP contribution in [0.15, 0.2) is 113 Å². The largest absolute Gasteiger partial charge is 0.457 e. The molecule has 0 radical (unpaired) electrons. The minimum absolute atomic E-state index is 0.00780. The first-order valence-electron chi connectivity index (χ1n) is 18.4. The van der Waals surface area contributed by atoms with Crippen LogP contribution in [-0.4, -0.2) is 82.0 Å². The number of aliphatic hydroxyl groups excluding tert-OH is 2. The van der Waals surface area contributed by atoms with E-state index in [1.165, 1.54) is 12.5 Å². The number of aliphatic hydroxyl groups is 2. The Labute approximate surface area is 323 Å². The van der Waals surface area contributed by atoms with E-state index in [-0.39, 0.29) is 35.9 Å². The number of ether oxygens (including phenoxy) is 4. The Balaban J connectivity index is 1.58. The number of nitrogens with zero attached hydrogens (tertiary/aromatic N) is 2. The first-order chi connectivity index (χ1) is 26.3. The predicted molar refractivity (Wildman–Crippen MR) is 208 cm³/mol. The average Bonchev–Trinajstić information content (AvgIpc) is 3.47. The summed E-state index contributed by atoms with van der Waals surface area (Å²) in [4.78, 5) is 35.2. The fraction of sp³-hybridized carbons (Fsp3) is 0.442. The maximum atomic E-state index is 13.3. The number of hydrogen-bond acceptors (Lipinski definition) is 12. The molecule has 1 fully saturated rings. The Morgan fingerprint density at radius 2 is 1.31 bits per heavy atom.